The molecule has 116 valence electrons. The highest BCUT2D eigenvalue weighted by molar-refractivity contribution is 8.02. The summed E-state index contributed by atoms with van der Waals surface area (Å²) in [5, 5.41) is 3.61. The van der Waals surface area contributed by atoms with E-state index in [1.54, 1.807) is 0 Å². The number of aryl methyl sites for hydroxylation is 1. The van der Waals surface area contributed by atoms with Crippen molar-refractivity contribution in [1.29, 1.82) is 0 Å². The van der Waals surface area contributed by atoms with E-state index in [9.17, 15) is 0 Å². The molecule has 2 aliphatic rings. The third-order valence-electron chi connectivity index (χ3n) is 4.57. The number of nitrogens with one attached hydrogen (secondary N) is 1. The standard InChI is InChI=1S/C20H20N2S/c1-13-10-16-18-17(23-12-15-6-4-3-5-7-15)9-8-14(2)19(18)22-20(16)21-11-13/h3-11,18-19H,12H2,1-2H3,(H,21,22). The lowest BCUT2D eigenvalue weighted by molar-refractivity contribution is 0.752. The van der Waals surface area contributed by atoms with Gasteiger partial charge in [0, 0.05) is 23.4 Å². The predicted molar refractivity (Wildman–Crippen MR) is 98.7 cm³/mol. The van der Waals surface area contributed by atoms with Gasteiger partial charge in [-0.25, -0.2) is 4.98 Å². The van der Waals surface area contributed by atoms with Crippen LogP contribution in [0, 0.1) is 6.92 Å². The number of thioether (sulfide) groups is 1. The van der Waals surface area contributed by atoms with E-state index in [-0.39, 0.29) is 0 Å². The first kappa shape index (κ1) is 14.6. The fourth-order valence-corrected chi connectivity index (χ4v) is 4.49. The quantitative estimate of drug-likeness (QED) is 0.857. The molecule has 4 rings (SSSR count). The monoisotopic (exact) mass is 320 g/mol. The summed E-state index contributed by atoms with van der Waals surface area (Å²) in [6.45, 7) is 4.32. The van der Waals surface area contributed by atoms with Crippen LogP contribution in [0.1, 0.15) is 29.5 Å². The summed E-state index contributed by atoms with van der Waals surface area (Å²) >= 11 is 1.95. The molecule has 1 aromatic heterocycles. The molecule has 0 bridgehead atoms. The molecule has 2 nitrogen and oxygen atoms in total. The number of hydrogen-bond acceptors (Lipinski definition) is 3. The Morgan fingerprint density at radius 1 is 1.13 bits per heavy atom. The Labute approximate surface area is 141 Å². The molecule has 1 N–H and O–H groups in total. The third-order valence-corrected chi connectivity index (χ3v) is 5.77. The molecule has 3 heteroatoms. The molecule has 23 heavy (non-hydrogen) atoms. The molecular weight excluding hydrogens is 300 g/mol. The number of hydrogen-bond donors (Lipinski definition) is 1. The fourth-order valence-electron chi connectivity index (χ4n) is 3.35. The summed E-state index contributed by atoms with van der Waals surface area (Å²) in [4.78, 5) is 6.03. The van der Waals surface area contributed by atoms with Crippen molar-refractivity contribution in [1.82, 2.24) is 4.98 Å². The van der Waals surface area contributed by atoms with Crippen molar-refractivity contribution in [2.45, 2.75) is 31.6 Å². The van der Waals surface area contributed by atoms with E-state index >= 15 is 0 Å². The van der Waals surface area contributed by atoms with Gasteiger partial charge in [-0.1, -0.05) is 54.1 Å². The van der Waals surface area contributed by atoms with Crippen LogP contribution in [0.2, 0.25) is 0 Å². The zero-order chi connectivity index (χ0) is 15.8. The third kappa shape index (κ3) is 2.70. The van der Waals surface area contributed by atoms with Gasteiger partial charge in [0.25, 0.3) is 0 Å². The highest BCUT2D eigenvalue weighted by atomic mass is 32.2. The first-order valence-corrected chi connectivity index (χ1v) is 8.99. The summed E-state index contributed by atoms with van der Waals surface area (Å²) in [7, 11) is 0. The van der Waals surface area contributed by atoms with Crippen molar-refractivity contribution in [3.63, 3.8) is 0 Å². The minimum absolute atomic E-state index is 0.350. The van der Waals surface area contributed by atoms with Crippen molar-refractivity contribution < 1.29 is 0 Å². The van der Waals surface area contributed by atoms with Crippen LogP contribution in [-0.4, -0.2) is 11.0 Å². The fraction of sp³-hybridized carbons (Fsp3) is 0.250. The smallest absolute Gasteiger partial charge is 0.130 e. The Bertz CT molecular complexity index is 793. The lowest BCUT2D eigenvalue weighted by Crippen LogP contribution is -2.24. The Kier molecular flexibility index (Phi) is 3.74. The van der Waals surface area contributed by atoms with Crippen molar-refractivity contribution in [2.24, 2.45) is 0 Å². The van der Waals surface area contributed by atoms with Crippen molar-refractivity contribution >= 4 is 17.6 Å². The van der Waals surface area contributed by atoms with Gasteiger partial charge in [-0.2, -0.15) is 0 Å². The largest absolute Gasteiger partial charge is 0.362 e. The second kappa shape index (κ2) is 5.89. The molecule has 0 saturated carbocycles. The summed E-state index contributed by atoms with van der Waals surface area (Å²) in [5.74, 6) is 2.46. The maximum Gasteiger partial charge on any atom is 0.130 e. The number of nitrogens with zero attached hydrogens (tertiary/aromatic N) is 1. The van der Waals surface area contributed by atoms with Crippen molar-refractivity contribution in [2.75, 3.05) is 5.32 Å². The van der Waals surface area contributed by atoms with Gasteiger partial charge < -0.3 is 5.32 Å². The summed E-state index contributed by atoms with van der Waals surface area (Å²) in [5.41, 5.74) is 5.32. The minimum Gasteiger partial charge on any atom is -0.362 e. The maximum absolute atomic E-state index is 4.60. The molecule has 2 aromatic rings. The predicted octanol–water partition coefficient (Wildman–Crippen LogP) is 5.04. The van der Waals surface area contributed by atoms with Crippen LogP contribution in [0.4, 0.5) is 5.82 Å². The Morgan fingerprint density at radius 3 is 2.78 bits per heavy atom. The van der Waals surface area contributed by atoms with Gasteiger partial charge >= 0.3 is 0 Å². The maximum atomic E-state index is 4.60. The van der Waals surface area contributed by atoms with Crippen LogP contribution in [0.25, 0.3) is 0 Å². The molecular formula is C20H20N2S. The van der Waals surface area contributed by atoms with Gasteiger partial charge in [-0.05, 0) is 29.9 Å². The molecule has 1 aliphatic heterocycles. The average Bonchev–Trinajstić information content (AvgIpc) is 2.95. The molecule has 2 heterocycles. The van der Waals surface area contributed by atoms with E-state index in [4.69, 9.17) is 0 Å². The van der Waals surface area contributed by atoms with E-state index in [0.29, 0.717) is 12.0 Å². The molecule has 0 saturated heterocycles. The second-order valence-electron chi connectivity index (χ2n) is 6.30. The van der Waals surface area contributed by atoms with Crippen LogP contribution in [0.15, 0.2) is 65.2 Å². The van der Waals surface area contributed by atoms with E-state index < -0.39 is 0 Å². The zero-order valence-electron chi connectivity index (χ0n) is 13.4. The number of fused-ring (bicyclic) bond motifs is 3. The second-order valence-corrected chi connectivity index (χ2v) is 7.35. The summed E-state index contributed by atoms with van der Waals surface area (Å²) in [6, 6.07) is 13.3. The Morgan fingerprint density at radius 2 is 1.96 bits per heavy atom. The van der Waals surface area contributed by atoms with Gasteiger partial charge in [0.1, 0.15) is 5.82 Å². The number of pyridine rings is 1. The minimum atomic E-state index is 0.350. The molecule has 1 aliphatic carbocycles. The zero-order valence-corrected chi connectivity index (χ0v) is 14.2. The number of allylic oxidation sites excluding steroid dienone is 2. The number of benzene rings is 1. The van der Waals surface area contributed by atoms with E-state index in [2.05, 4.69) is 72.7 Å². The Hall–Kier alpha value is -2.00. The van der Waals surface area contributed by atoms with Gasteiger partial charge in [0.05, 0.1) is 6.04 Å². The van der Waals surface area contributed by atoms with Gasteiger partial charge in [-0.3, -0.25) is 0 Å². The topological polar surface area (TPSA) is 24.9 Å². The van der Waals surface area contributed by atoms with Crippen LogP contribution >= 0.6 is 11.8 Å². The number of rotatable bonds is 3. The SMILES string of the molecule is CC1=CC=C(SCc2ccccc2)C2c3cc(C)cnc3NC12. The van der Waals surface area contributed by atoms with Crippen LogP contribution in [0.5, 0.6) is 0 Å². The summed E-state index contributed by atoms with van der Waals surface area (Å²) < 4.78 is 0. The molecule has 0 radical (unpaired) electrons. The molecule has 2 atom stereocenters. The van der Waals surface area contributed by atoms with Crippen molar-refractivity contribution in [3.05, 3.63) is 81.9 Å². The van der Waals surface area contributed by atoms with Crippen molar-refractivity contribution in [3.8, 4) is 0 Å². The molecule has 0 fully saturated rings. The van der Waals surface area contributed by atoms with E-state index in [1.807, 2.05) is 18.0 Å². The molecule has 1 aromatic carbocycles. The van der Waals surface area contributed by atoms with E-state index in [1.165, 1.54) is 27.2 Å². The van der Waals surface area contributed by atoms with Crippen LogP contribution < -0.4 is 5.32 Å². The van der Waals surface area contributed by atoms with Gasteiger partial charge in [0.2, 0.25) is 0 Å². The molecule has 0 amide bonds. The van der Waals surface area contributed by atoms with E-state index in [0.717, 1.165) is 11.6 Å². The highest BCUT2D eigenvalue weighted by Crippen LogP contribution is 2.48. The first-order chi connectivity index (χ1) is 11.2. The van der Waals surface area contributed by atoms with Gasteiger partial charge in [-0.15, -0.1) is 11.8 Å². The lowest BCUT2D eigenvalue weighted by atomic mass is 9.87. The normalized spacial score (nSPS) is 21.8. The lowest BCUT2D eigenvalue weighted by Gasteiger charge is -2.27. The Balaban J connectivity index is 1.64. The van der Waals surface area contributed by atoms with Crippen LogP contribution in [0.3, 0.4) is 0 Å². The van der Waals surface area contributed by atoms with Crippen LogP contribution in [-0.2, 0) is 5.75 Å². The molecule has 2 unspecified atom stereocenters. The van der Waals surface area contributed by atoms with Gasteiger partial charge in [0.15, 0.2) is 0 Å². The first-order valence-electron chi connectivity index (χ1n) is 8.00. The molecule has 0 spiro atoms. The number of anilines is 1. The number of aromatic nitrogens is 1. The highest BCUT2D eigenvalue weighted by Gasteiger charge is 2.38. The average molecular weight is 320 g/mol. The summed E-state index contributed by atoms with van der Waals surface area (Å²) in [6.07, 6.45) is 6.49.